The van der Waals surface area contributed by atoms with E-state index in [2.05, 4.69) is 14.8 Å². The summed E-state index contributed by atoms with van der Waals surface area (Å²) >= 11 is 0. The maximum atomic E-state index is 12.0. The zero-order valence-corrected chi connectivity index (χ0v) is 12.0. The molecule has 20 heavy (non-hydrogen) atoms. The lowest BCUT2D eigenvalue weighted by Gasteiger charge is -2.06. The number of hydrogen-bond donors (Lipinski definition) is 2. The number of aromatic nitrogens is 3. The van der Waals surface area contributed by atoms with Crippen molar-refractivity contribution in [3.8, 4) is 0 Å². The highest BCUT2D eigenvalue weighted by Gasteiger charge is 2.13. The molecule has 2 aromatic rings. The van der Waals surface area contributed by atoms with Gasteiger partial charge in [-0.1, -0.05) is 12.1 Å². The number of nitrogens with zero attached hydrogens (tertiary/aromatic N) is 3. The molecule has 0 bridgehead atoms. The molecule has 0 radical (unpaired) electrons. The molecule has 0 saturated heterocycles. The van der Waals surface area contributed by atoms with Gasteiger partial charge in [0.15, 0.2) is 5.82 Å². The van der Waals surface area contributed by atoms with Gasteiger partial charge in [-0.05, 0) is 17.7 Å². The molecule has 3 N–H and O–H groups in total. The highest BCUT2D eigenvalue weighted by Crippen LogP contribution is 2.10. The fourth-order valence-corrected chi connectivity index (χ4v) is 2.72. The van der Waals surface area contributed by atoms with Crippen LogP contribution in [0.1, 0.15) is 11.4 Å². The molecule has 0 aliphatic heterocycles. The standard InChI is InChI=1S/C12H17N5O2S/c1-17-9-14-12(16-17)6-7-15-20(18,19)11-4-2-10(8-13)3-5-11/h2-5,9,15H,6-8,13H2,1H3. The Bertz CT molecular complexity index is 663. The minimum Gasteiger partial charge on any atom is -0.326 e. The lowest BCUT2D eigenvalue weighted by atomic mass is 10.2. The van der Waals surface area contributed by atoms with Crippen LogP contribution in [0.25, 0.3) is 0 Å². The summed E-state index contributed by atoms with van der Waals surface area (Å²) in [6.45, 7) is 0.643. The average Bonchev–Trinajstić information content (AvgIpc) is 2.84. The smallest absolute Gasteiger partial charge is 0.240 e. The van der Waals surface area contributed by atoms with E-state index in [1.807, 2.05) is 0 Å². The Morgan fingerprint density at radius 1 is 1.30 bits per heavy atom. The summed E-state index contributed by atoms with van der Waals surface area (Å²) in [5, 5.41) is 4.08. The molecular formula is C12H17N5O2S. The Kier molecular flexibility index (Phi) is 4.48. The van der Waals surface area contributed by atoms with Crippen LogP contribution in [0.5, 0.6) is 0 Å². The molecule has 1 heterocycles. The third-order valence-electron chi connectivity index (χ3n) is 2.76. The second-order valence-corrected chi connectivity index (χ2v) is 6.10. The van der Waals surface area contributed by atoms with Gasteiger partial charge in [-0.15, -0.1) is 0 Å². The summed E-state index contributed by atoms with van der Waals surface area (Å²) in [6, 6.07) is 6.50. The number of benzene rings is 1. The molecule has 108 valence electrons. The minimum absolute atomic E-state index is 0.226. The molecule has 0 aliphatic rings. The van der Waals surface area contributed by atoms with Gasteiger partial charge in [0, 0.05) is 26.6 Å². The molecule has 0 unspecified atom stereocenters. The van der Waals surface area contributed by atoms with E-state index >= 15 is 0 Å². The van der Waals surface area contributed by atoms with E-state index in [4.69, 9.17) is 5.73 Å². The lowest BCUT2D eigenvalue weighted by Crippen LogP contribution is -2.26. The average molecular weight is 295 g/mol. The zero-order chi connectivity index (χ0) is 14.6. The molecule has 0 saturated carbocycles. The van der Waals surface area contributed by atoms with Gasteiger partial charge in [0.05, 0.1) is 4.90 Å². The van der Waals surface area contributed by atoms with Gasteiger partial charge < -0.3 is 5.73 Å². The van der Waals surface area contributed by atoms with Gasteiger partial charge in [-0.25, -0.2) is 18.1 Å². The van der Waals surface area contributed by atoms with Gasteiger partial charge in [0.1, 0.15) is 6.33 Å². The summed E-state index contributed by atoms with van der Waals surface area (Å²) in [7, 11) is -1.74. The van der Waals surface area contributed by atoms with E-state index in [9.17, 15) is 8.42 Å². The molecule has 1 aromatic heterocycles. The van der Waals surface area contributed by atoms with Gasteiger partial charge in [-0.2, -0.15) is 5.10 Å². The predicted octanol–water partition coefficient (Wildman–Crippen LogP) is -0.205. The first-order chi connectivity index (χ1) is 9.51. The van der Waals surface area contributed by atoms with Crippen LogP contribution in [0.15, 0.2) is 35.5 Å². The molecule has 2 rings (SSSR count). The maximum absolute atomic E-state index is 12.0. The Labute approximate surface area is 117 Å². The summed E-state index contributed by atoms with van der Waals surface area (Å²) in [4.78, 5) is 4.26. The van der Waals surface area contributed by atoms with Crippen molar-refractivity contribution in [3.05, 3.63) is 42.0 Å². The molecule has 0 atom stereocenters. The normalized spacial score (nSPS) is 11.7. The topological polar surface area (TPSA) is 103 Å². The summed E-state index contributed by atoms with van der Waals surface area (Å²) < 4.78 is 28.2. The molecule has 0 fully saturated rings. The highest BCUT2D eigenvalue weighted by molar-refractivity contribution is 7.89. The number of aryl methyl sites for hydroxylation is 1. The highest BCUT2D eigenvalue weighted by atomic mass is 32.2. The molecule has 0 amide bonds. The number of nitrogens with one attached hydrogen (secondary N) is 1. The van der Waals surface area contributed by atoms with Gasteiger partial charge >= 0.3 is 0 Å². The van der Waals surface area contributed by atoms with Crippen molar-refractivity contribution >= 4 is 10.0 Å². The van der Waals surface area contributed by atoms with E-state index in [0.717, 1.165) is 5.56 Å². The van der Waals surface area contributed by atoms with Crippen molar-refractivity contribution < 1.29 is 8.42 Å². The molecule has 8 heteroatoms. The minimum atomic E-state index is -3.50. The number of rotatable bonds is 6. The van der Waals surface area contributed by atoms with Crippen LogP contribution < -0.4 is 10.5 Å². The van der Waals surface area contributed by atoms with Crippen LogP contribution in [0, 0.1) is 0 Å². The van der Waals surface area contributed by atoms with Crippen LogP contribution in [0.2, 0.25) is 0 Å². The molecule has 1 aromatic carbocycles. The first-order valence-corrected chi connectivity index (χ1v) is 7.63. The Hall–Kier alpha value is -1.77. The number of sulfonamides is 1. The molecule has 0 spiro atoms. The summed E-state index contributed by atoms with van der Waals surface area (Å²) in [5.74, 6) is 0.605. The van der Waals surface area contributed by atoms with E-state index in [-0.39, 0.29) is 11.4 Å². The monoisotopic (exact) mass is 295 g/mol. The van der Waals surface area contributed by atoms with Crippen molar-refractivity contribution in [1.82, 2.24) is 19.5 Å². The van der Waals surface area contributed by atoms with Crippen molar-refractivity contribution in [2.75, 3.05) is 6.54 Å². The van der Waals surface area contributed by atoms with Gasteiger partial charge in [-0.3, -0.25) is 4.68 Å². The second-order valence-electron chi connectivity index (χ2n) is 4.33. The van der Waals surface area contributed by atoms with Crippen molar-refractivity contribution in [1.29, 1.82) is 0 Å². The number of hydrogen-bond acceptors (Lipinski definition) is 5. The quantitative estimate of drug-likeness (QED) is 0.768. The lowest BCUT2D eigenvalue weighted by molar-refractivity contribution is 0.580. The van der Waals surface area contributed by atoms with E-state index in [1.165, 1.54) is 0 Å². The van der Waals surface area contributed by atoms with Gasteiger partial charge in [0.2, 0.25) is 10.0 Å². The number of nitrogens with two attached hydrogens (primary N) is 1. The molecule has 7 nitrogen and oxygen atoms in total. The maximum Gasteiger partial charge on any atom is 0.240 e. The van der Waals surface area contributed by atoms with Crippen LogP contribution >= 0.6 is 0 Å². The van der Waals surface area contributed by atoms with Crippen LogP contribution in [-0.2, 0) is 30.0 Å². The Morgan fingerprint density at radius 3 is 2.55 bits per heavy atom. The largest absolute Gasteiger partial charge is 0.326 e. The van der Waals surface area contributed by atoms with Crippen LogP contribution in [0.3, 0.4) is 0 Å². The third kappa shape index (κ3) is 3.62. The Balaban J connectivity index is 1.96. The van der Waals surface area contributed by atoms with E-state index in [0.29, 0.717) is 18.8 Å². The fourth-order valence-electron chi connectivity index (χ4n) is 1.68. The second kappa shape index (κ2) is 6.12. The SMILES string of the molecule is Cn1cnc(CCNS(=O)(=O)c2ccc(CN)cc2)n1. The Morgan fingerprint density at radius 2 is 2.00 bits per heavy atom. The molecule has 0 aliphatic carbocycles. The van der Waals surface area contributed by atoms with Crippen LogP contribution in [0.4, 0.5) is 0 Å². The molecular weight excluding hydrogens is 278 g/mol. The van der Waals surface area contributed by atoms with Crippen LogP contribution in [-0.4, -0.2) is 29.7 Å². The van der Waals surface area contributed by atoms with Crippen molar-refractivity contribution in [3.63, 3.8) is 0 Å². The van der Waals surface area contributed by atoms with Crippen molar-refractivity contribution in [2.24, 2.45) is 12.8 Å². The third-order valence-corrected chi connectivity index (χ3v) is 4.23. The fraction of sp³-hybridized carbons (Fsp3) is 0.333. The first kappa shape index (κ1) is 14.6. The van der Waals surface area contributed by atoms with Gasteiger partial charge in [0.25, 0.3) is 0 Å². The summed E-state index contributed by atoms with van der Waals surface area (Å²) in [6.07, 6.45) is 2.02. The first-order valence-electron chi connectivity index (χ1n) is 6.14. The summed E-state index contributed by atoms with van der Waals surface area (Å²) in [5.41, 5.74) is 6.36. The van der Waals surface area contributed by atoms with E-state index in [1.54, 1.807) is 42.3 Å². The predicted molar refractivity (Wildman–Crippen MR) is 74.2 cm³/mol. The zero-order valence-electron chi connectivity index (χ0n) is 11.2. The van der Waals surface area contributed by atoms with E-state index < -0.39 is 10.0 Å². The van der Waals surface area contributed by atoms with Crippen molar-refractivity contribution in [2.45, 2.75) is 17.9 Å².